The van der Waals surface area contributed by atoms with E-state index in [1.807, 2.05) is 26.0 Å². The first-order valence-corrected chi connectivity index (χ1v) is 8.58. The number of hydrogen-bond donors (Lipinski definition) is 4. The lowest BCUT2D eigenvalue weighted by molar-refractivity contribution is 0.0962. The molecule has 0 aliphatic carbocycles. The van der Waals surface area contributed by atoms with Crippen molar-refractivity contribution in [1.29, 1.82) is 0 Å². The van der Waals surface area contributed by atoms with Gasteiger partial charge in [-0.2, -0.15) is 0 Å². The van der Waals surface area contributed by atoms with Crippen LogP contribution in [0.15, 0.2) is 48.8 Å². The summed E-state index contributed by atoms with van der Waals surface area (Å²) in [5.74, 6) is 0.394. The van der Waals surface area contributed by atoms with Crippen LogP contribution in [0.25, 0.3) is 0 Å². The third-order valence-electron chi connectivity index (χ3n) is 3.77. The van der Waals surface area contributed by atoms with Crippen LogP contribution in [-0.2, 0) is 0 Å². The van der Waals surface area contributed by atoms with Crippen LogP contribution < -0.4 is 21.9 Å². The van der Waals surface area contributed by atoms with Crippen LogP contribution in [0, 0.1) is 13.8 Å². The number of carbonyl (C=O) groups is 1. The Morgan fingerprint density at radius 1 is 1.00 bits per heavy atom. The SMILES string of the molecule is Cc1cc(C)cc(Nc2ncnc(NNC(=O)c3ccc(Cl)cc3)c2N)c1. The zero-order valence-corrected chi connectivity index (χ0v) is 15.6. The maximum atomic E-state index is 12.2. The van der Waals surface area contributed by atoms with Crippen LogP contribution in [0.5, 0.6) is 0 Å². The third kappa shape index (κ3) is 4.65. The smallest absolute Gasteiger partial charge is 0.269 e. The minimum Gasteiger partial charge on any atom is -0.393 e. The Hall–Kier alpha value is -3.32. The van der Waals surface area contributed by atoms with Crippen LogP contribution in [0.4, 0.5) is 23.0 Å². The third-order valence-corrected chi connectivity index (χ3v) is 4.02. The van der Waals surface area contributed by atoms with Crippen molar-refractivity contribution in [3.05, 3.63) is 70.5 Å². The number of benzene rings is 2. The highest BCUT2D eigenvalue weighted by Crippen LogP contribution is 2.26. The van der Waals surface area contributed by atoms with Crippen molar-refractivity contribution < 1.29 is 4.79 Å². The van der Waals surface area contributed by atoms with Crippen LogP contribution in [-0.4, -0.2) is 15.9 Å². The first kappa shape index (κ1) is 18.5. The predicted molar refractivity (Wildman–Crippen MR) is 108 cm³/mol. The molecule has 7 nitrogen and oxygen atoms in total. The van der Waals surface area contributed by atoms with E-state index in [0.29, 0.717) is 22.2 Å². The molecule has 0 aliphatic rings. The number of halogens is 1. The number of nitrogens with zero attached hydrogens (tertiary/aromatic N) is 2. The summed E-state index contributed by atoms with van der Waals surface area (Å²) in [6, 6.07) is 12.6. The number of amides is 1. The molecule has 1 heterocycles. The molecule has 3 rings (SSSR count). The Morgan fingerprint density at radius 3 is 2.30 bits per heavy atom. The van der Waals surface area contributed by atoms with Gasteiger partial charge in [0.15, 0.2) is 11.6 Å². The molecule has 0 bridgehead atoms. The van der Waals surface area contributed by atoms with Crippen LogP contribution in [0.1, 0.15) is 21.5 Å². The summed E-state index contributed by atoms with van der Waals surface area (Å²) in [6.45, 7) is 4.03. The number of nitrogens with one attached hydrogen (secondary N) is 3. The fourth-order valence-corrected chi connectivity index (χ4v) is 2.69. The molecule has 0 saturated carbocycles. The standard InChI is InChI=1S/C19H19ClN6O/c1-11-7-12(2)9-15(8-11)24-17-16(21)18(23-10-22-17)25-26-19(27)13-3-5-14(20)6-4-13/h3-10H,21H2,1-2H3,(H,26,27)(H2,22,23,24,25). The van der Waals surface area contributed by atoms with Gasteiger partial charge < -0.3 is 11.1 Å². The zero-order chi connectivity index (χ0) is 19.4. The largest absolute Gasteiger partial charge is 0.393 e. The van der Waals surface area contributed by atoms with Gasteiger partial charge in [0.05, 0.1) is 0 Å². The molecule has 0 radical (unpaired) electrons. The molecule has 0 fully saturated rings. The summed E-state index contributed by atoms with van der Waals surface area (Å²) in [4.78, 5) is 20.4. The summed E-state index contributed by atoms with van der Waals surface area (Å²) >= 11 is 5.83. The molecule has 27 heavy (non-hydrogen) atoms. The van der Waals surface area contributed by atoms with Gasteiger partial charge in [-0.05, 0) is 61.4 Å². The van der Waals surface area contributed by atoms with Gasteiger partial charge in [0.2, 0.25) is 0 Å². The summed E-state index contributed by atoms with van der Waals surface area (Å²) in [5, 5.41) is 3.73. The van der Waals surface area contributed by atoms with Gasteiger partial charge in [-0.15, -0.1) is 0 Å². The zero-order valence-electron chi connectivity index (χ0n) is 14.9. The Kier molecular flexibility index (Phi) is 5.42. The van der Waals surface area contributed by atoms with Gasteiger partial charge in [-0.1, -0.05) is 17.7 Å². The summed E-state index contributed by atoms with van der Waals surface area (Å²) in [5.41, 5.74) is 15.3. The van der Waals surface area contributed by atoms with Crippen molar-refractivity contribution in [3.8, 4) is 0 Å². The number of nitrogens with two attached hydrogens (primary N) is 1. The van der Waals surface area contributed by atoms with Gasteiger partial charge in [-0.3, -0.25) is 15.6 Å². The summed E-state index contributed by atoms with van der Waals surface area (Å²) < 4.78 is 0. The molecule has 1 amide bonds. The van der Waals surface area contributed by atoms with Crippen molar-refractivity contribution in [2.75, 3.05) is 16.5 Å². The normalized spacial score (nSPS) is 10.3. The molecule has 3 aromatic rings. The van der Waals surface area contributed by atoms with Crippen molar-refractivity contribution >= 4 is 40.5 Å². The Balaban J connectivity index is 1.72. The maximum Gasteiger partial charge on any atom is 0.269 e. The van der Waals surface area contributed by atoms with Gasteiger partial charge in [-0.25, -0.2) is 9.97 Å². The molecule has 0 unspecified atom stereocenters. The van der Waals surface area contributed by atoms with Crippen molar-refractivity contribution in [1.82, 2.24) is 15.4 Å². The topological polar surface area (TPSA) is 105 Å². The number of rotatable bonds is 5. The number of aromatic nitrogens is 2. The quantitative estimate of drug-likeness (QED) is 0.500. The number of nitrogen functional groups attached to an aromatic ring is 1. The molecule has 138 valence electrons. The molecular weight excluding hydrogens is 364 g/mol. The molecule has 8 heteroatoms. The molecule has 0 spiro atoms. The Morgan fingerprint density at radius 2 is 1.63 bits per heavy atom. The lowest BCUT2D eigenvalue weighted by Gasteiger charge is -2.14. The Labute approximate surface area is 162 Å². The van der Waals surface area contributed by atoms with Crippen molar-refractivity contribution in [2.45, 2.75) is 13.8 Å². The fraction of sp³-hybridized carbons (Fsp3) is 0.105. The number of anilines is 4. The van der Waals surface area contributed by atoms with Gasteiger partial charge in [0, 0.05) is 16.3 Å². The van der Waals surface area contributed by atoms with E-state index in [0.717, 1.165) is 16.8 Å². The maximum absolute atomic E-state index is 12.2. The van der Waals surface area contributed by atoms with E-state index in [1.54, 1.807) is 24.3 Å². The van der Waals surface area contributed by atoms with Gasteiger partial charge in [0.25, 0.3) is 5.91 Å². The number of carbonyl (C=O) groups excluding carboxylic acids is 1. The van der Waals surface area contributed by atoms with Gasteiger partial charge in [0.1, 0.15) is 12.0 Å². The number of hydrogen-bond acceptors (Lipinski definition) is 6. The Bertz CT molecular complexity index is 954. The average Bonchev–Trinajstić information content (AvgIpc) is 2.62. The van der Waals surface area contributed by atoms with E-state index in [9.17, 15) is 4.79 Å². The minimum absolute atomic E-state index is 0.285. The lowest BCUT2D eigenvalue weighted by Crippen LogP contribution is -2.30. The van der Waals surface area contributed by atoms with Crippen molar-refractivity contribution in [3.63, 3.8) is 0 Å². The molecule has 0 atom stereocenters. The lowest BCUT2D eigenvalue weighted by atomic mass is 10.1. The van der Waals surface area contributed by atoms with E-state index >= 15 is 0 Å². The molecule has 0 saturated heterocycles. The van der Waals surface area contributed by atoms with Crippen molar-refractivity contribution in [2.24, 2.45) is 0 Å². The second-order valence-electron chi connectivity index (χ2n) is 6.07. The highest BCUT2D eigenvalue weighted by atomic mass is 35.5. The number of hydrazine groups is 1. The van der Waals surface area contributed by atoms with E-state index < -0.39 is 0 Å². The summed E-state index contributed by atoms with van der Waals surface area (Å²) in [6.07, 6.45) is 1.36. The second kappa shape index (κ2) is 7.92. The molecular formula is C19H19ClN6O. The molecule has 0 aliphatic heterocycles. The van der Waals surface area contributed by atoms with E-state index in [1.165, 1.54) is 6.33 Å². The van der Waals surface area contributed by atoms with E-state index in [-0.39, 0.29) is 11.6 Å². The highest BCUT2D eigenvalue weighted by Gasteiger charge is 2.11. The van der Waals surface area contributed by atoms with Gasteiger partial charge >= 0.3 is 0 Å². The first-order valence-electron chi connectivity index (χ1n) is 8.20. The van der Waals surface area contributed by atoms with E-state index in [4.69, 9.17) is 17.3 Å². The van der Waals surface area contributed by atoms with E-state index in [2.05, 4.69) is 32.2 Å². The molecule has 5 N–H and O–H groups in total. The predicted octanol–water partition coefficient (Wildman–Crippen LogP) is 3.83. The average molecular weight is 383 g/mol. The second-order valence-corrected chi connectivity index (χ2v) is 6.51. The minimum atomic E-state index is -0.339. The van der Waals surface area contributed by atoms with Crippen LogP contribution in [0.2, 0.25) is 5.02 Å². The fourth-order valence-electron chi connectivity index (χ4n) is 2.57. The first-order chi connectivity index (χ1) is 12.9. The van der Waals surface area contributed by atoms with Crippen LogP contribution >= 0.6 is 11.6 Å². The number of aryl methyl sites for hydroxylation is 2. The summed E-state index contributed by atoms with van der Waals surface area (Å²) in [7, 11) is 0. The highest BCUT2D eigenvalue weighted by molar-refractivity contribution is 6.30. The monoisotopic (exact) mass is 382 g/mol. The molecule has 2 aromatic carbocycles. The molecule has 1 aromatic heterocycles. The van der Waals surface area contributed by atoms with Crippen LogP contribution in [0.3, 0.4) is 0 Å².